The van der Waals surface area contributed by atoms with Gasteiger partial charge in [-0.1, -0.05) is 0 Å². The molecule has 1 aliphatic heterocycles. The van der Waals surface area contributed by atoms with Gasteiger partial charge < -0.3 is 15.7 Å². The van der Waals surface area contributed by atoms with Crippen LogP contribution < -0.4 is 5.73 Å². The highest BCUT2D eigenvalue weighted by Gasteiger charge is 2.29. The van der Waals surface area contributed by atoms with Crippen LogP contribution >= 0.6 is 0 Å². The largest absolute Gasteiger partial charge is 0.396 e. The third-order valence-electron chi connectivity index (χ3n) is 3.23. The number of carbonyl (C=O) groups excluding carboxylic acids is 1. The van der Waals surface area contributed by atoms with Gasteiger partial charge in [-0.3, -0.25) is 14.9 Å². The van der Waals surface area contributed by atoms with Crippen molar-refractivity contribution in [2.75, 3.05) is 18.8 Å². The number of likely N-dealkylation sites (tertiary alicyclic amines) is 1. The van der Waals surface area contributed by atoms with E-state index in [0.29, 0.717) is 25.5 Å². The fourth-order valence-corrected chi connectivity index (χ4v) is 2.21. The van der Waals surface area contributed by atoms with Crippen LogP contribution in [0.1, 0.15) is 23.2 Å². The number of amides is 1. The Morgan fingerprint density at radius 3 is 2.85 bits per heavy atom. The number of piperidine rings is 1. The number of hydrogen-bond acceptors (Lipinski definition) is 5. The third-order valence-corrected chi connectivity index (χ3v) is 3.23. The average molecular weight is 283 g/mol. The van der Waals surface area contributed by atoms with Gasteiger partial charge in [-0.05, 0) is 18.9 Å². The van der Waals surface area contributed by atoms with E-state index in [1.807, 2.05) is 0 Å². The summed E-state index contributed by atoms with van der Waals surface area (Å²) in [6.45, 7) is 0.498. The predicted octanol–water partition coefficient (Wildman–Crippen LogP) is 0.913. The summed E-state index contributed by atoms with van der Waals surface area (Å²) in [6, 6.07) is 1.61. The van der Waals surface area contributed by atoms with Crippen LogP contribution in [0, 0.1) is 15.9 Å². The number of rotatable bonds is 2. The molecule has 1 aliphatic rings. The van der Waals surface area contributed by atoms with Crippen molar-refractivity contribution in [3.05, 3.63) is 33.6 Å². The monoisotopic (exact) mass is 283 g/mol. The third kappa shape index (κ3) is 2.69. The maximum absolute atomic E-state index is 13.3. The number of nitrogens with two attached hydrogens (primary N) is 1. The topological polar surface area (TPSA) is 110 Å². The van der Waals surface area contributed by atoms with Gasteiger partial charge in [0.1, 0.15) is 5.56 Å². The molecule has 0 radical (unpaired) electrons. The molecule has 8 heteroatoms. The van der Waals surface area contributed by atoms with Crippen molar-refractivity contribution < 1.29 is 19.2 Å². The highest BCUT2D eigenvalue weighted by atomic mass is 19.1. The van der Waals surface area contributed by atoms with Crippen molar-refractivity contribution in [2.24, 2.45) is 0 Å². The van der Waals surface area contributed by atoms with Crippen LogP contribution in [0.25, 0.3) is 0 Å². The molecular formula is C12H14FN3O4. The lowest BCUT2D eigenvalue weighted by molar-refractivity contribution is -0.385. The van der Waals surface area contributed by atoms with Gasteiger partial charge in [0.25, 0.3) is 11.6 Å². The van der Waals surface area contributed by atoms with Crippen molar-refractivity contribution in [2.45, 2.75) is 18.9 Å². The number of nitrogens with zero attached hydrogens (tertiary/aromatic N) is 2. The molecular weight excluding hydrogens is 269 g/mol. The van der Waals surface area contributed by atoms with Gasteiger partial charge in [0.15, 0.2) is 5.82 Å². The molecule has 1 fully saturated rings. The Bertz CT molecular complexity index is 564. The normalized spacial score (nSPS) is 18.9. The van der Waals surface area contributed by atoms with Crippen LogP contribution in [-0.4, -0.2) is 40.0 Å². The predicted molar refractivity (Wildman–Crippen MR) is 68.6 cm³/mol. The maximum atomic E-state index is 13.3. The van der Waals surface area contributed by atoms with E-state index in [1.54, 1.807) is 0 Å². The van der Waals surface area contributed by atoms with Crippen LogP contribution in [0.2, 0.25) is 0 Å². The van der Waals surface area contributed by atoms with Gasteiger partial charge in [-0.25, -0.2) is 4.39 Å². The Morgan fingerprint density at radius 2 is 2.25 bits per heavy atom. The lowest BCUT2D eigenvalue weighted by atomic mass is 10.1. The van der Waals surface area contributed by atoms with Gasteiger partial charge in [0, 0.05) is 13.1 Å². The number of hydrogen-bond donors (Lipinski definition) is 2. The van der Waals surface area contributed by atoms with Crippen molar-refractivity contribution in [1.29, 1.82) is 0 Å². The highest BCUT2D eigenvalue weighted by Crippen LogP contribution is 2.26. The van der Waals surface area contributed by atoms with Crippen molar-refractivity contribution in [1.82, 2.24) is 4.90 Å². The Morgan fingerprint density at radius 1 is 1.55 bits per heavy atom. The summed E-state index contributed by atoms with van der Waals surface area (Å²) in [5.41, 5.74) is 4.16. The minimum absolute atomic E-state index is 0.104. The second-order valence-corrected chi connectivity index (χ2v) is 4.70. The standard InChI is InChI=1S/C12H14FN3O4/c13-9-5-11(16(19)20)8(4-10(9)14)12(18)15-3-1-2-7(17)6-15/h4-5,7,17H,1-3,6,14H2. The summed E-state index contributed by atoms with van der Waals surface area (Å²) in [5.74, 6) is -1.56. The number of halogens is 1. The van der Waals surface area contributed by atoms with Gasteiger partial charge in [-0.2, -0.15) is 0 Å². The Kier molecular flexibility index (Phi) is 3.84. The molecule has 0 spiro atoms. The highest BCUT2D eigenvalue weighted by molar-refractivity contribution is 5.99. The van der Waals surface area contributed by atoms with E-state index in [4.69, 9.17) is 5.73 Å². The van der Waals surface area contributed by atoms with E-state index in [0.717, 1.165) is 6.07 Å². The quantitative estimate of drug-likeness (QED) is 0.476. The molecule has 7 nitrogen and oxygen atoms in total. The van der Waals surface area contributed by atoms with Gasteiger partial charge in [0.05, 0.1) is 22.8 Å². The van der Waals surface area contributed by atoms with E-state index >= 15 is 0 Å². The molecule has 0 saturated carbocycles. The fourth-order valence-electron chi connectivity index (χ4n) is 2.21. The number of nitro groups is 1. The smallest absolute Gasteiger partial charge is 0.285 e. The molecule has 0 aromatic heterocycles. The van der Waals surface area contributed by atoms with E-state index in [9.17, 15) is 24.4 Å². The van der Waals surface area contributed by atoms with E-state index in [-0.39, 0.29) is 17.8 Å². The van der Waals surface area contributed by atoms with Crippen LogP contribution in [0.4, 0.5) is 15.8 Å². The lowest BCUT2D eigenvalue weighted by Crippen LogP contribution is -2.42. The summed E-state index contributed by atoms with van der Waals surface area (Å²) in [7, 11) is 0. The van der Waals surface area contributed by atoms with Crippen molar-refractivity contribution in [3.8, 4) is 0 Å². The molecule has 1 amide bonds. The molecule has 20 heavy (non-hydrogen) atoms. The number of nitro benzene ring substituents is 1. The van der Waals surface area contributed by atoms with Gasteiger partial charge in [-0.15, -0.1) is 0 Å². The molecule has 2 rings (SSSR count). The summed E-state index contributed by atoms with van der Waals surface area (Å²) < 4.78 is 13.3. The zero-order valence-electron chi connectivity index (χ0n) is 10.6. The number of benzene rings is 1. The number of aliphatic hydroxyl groups excluding tert-OH is 1. The fraction of sp³-hybridized carbons (Fsp3) is 0.417. The second-order valence-electron chi connectivity index (χ2n) is 4.70. The average Bonchev–Trinajstić information content (AvgIpc) is 2.40. The van der Waals surface area contributed by atoms with Crippen LogP contribution in [0.3, 0.4) is 0 Å². The first-order valence-corrected chi connectivity index (χ1v) is 6.11. The second kappa shape index (κ2) is 5.41. The SMILES string of the molecule is Nc1cc(C(=O)N2CCCC(O)C2)c([N+](=O)[O-])cc1F. The molecule has 1 unspecified atom stereocenters. The number of β-amino-alcohol motifs (C(OH)–C–C–N with tert-alkyl or cyclic N) is 1. The first-order chi connectivity index (χ1) is 9.40. The van der Waals surface area contributed by atoms with Gasteiger partial charge in [0.2, 0.25) is 0 Å². The zero-order chi connectivity index (χ0) is 14.9. The lowest BCUT2D eigenvalue weighted by Gasteiger charge is -2.30. The first-order valence-electron chi connectivity index (χ1n) is 6.11. The Balaban J connectivity index is 2.38. The number of anilines is 1. The van der Waals surface area contributed by atoms with Crippen LogP contribution in [-0.2, 0) is 0 Å². The Hall–Kier alpha value is -2.22. The maximum Gasteiger partial charge on any atom is 0.285 e. The molecule has 0 aliphatic carbocycles. The summed E-state index contributed by atoms with van der Waals surface area (Å²) >= 11 is 0. The van der Waals surface area contributed by atoms with Gasteiger partial charge >= 0.3 is 0 Å². The van der Waals surface area contributed by atoms with Crippen LogP contribution in [0.5, 0.6) is 0 Å². The van der Waals surface area contributed by atoms with Crippen LogP contribution in [0.15, 0.2) is 12.1 Å². The molecule has 1 heterocycles. The number of nitrogen functional groups attached to an aromatic ring is 1. The summed E-state index contributed by atoms with van der Waals surface area (Å²) in [5, 5.41) is 20.5. The summed E-state index contributed by atoms with van der Waals surface area (Å²) in [4.78, 5) is 23.7. The van der Waals surface area contributed by atoms with Crippen molar-refractivity contribution >= 4 is 17.3 Å². The molecule has 1 aromatic rings. The number of carbonyl (C=O) groups is 1. The van der Waals surface area contributed by atoms with E-state index in [1.165, 1.54) is 4.90 Å². The van der Waals surface area contributed by atoms with E-state index in [2.05, 4.69) is 0 Å². The molecule has 108 valence electrons. The minimum atomic E-state index is -0.938. The zero-order valence-corrected chi connectivity index (χ0v) is 10.6. The first kappa shape index (κ1) is 14.2. The van der Waals surface area contributed by atoms with E-state index < -0.39 is 28.4 Å². The number of aliphatic hydroxyl groups is 1. The molecule has 3 N–H and O–H groups in total. The molecule has 1 atom stereocenters. The summed E-state index contributed by atoms with van der Waals surface area (Å²) in [6.07, 6.45) is 0.541. The van der Waals surface area contributed by atoms with Crippen molar-refractivity contribution in [3.63, 3.8) is 0 Å². The Labute approximate surface area is 113 Å². The molecule has 1 aromatic carbocycles. The molecule has 0 bridgehead atoms. The minimum Gasteiger partial charge on any atom is -0.396 e. The molecule has 1 saturated heterocycles.